The first-order valence-corrected chi connectivity index (χ1v) is 8.27. The van der Waals surface area contributed by atoms with Gasteiger partial charge in [0.25, 0.3) is 0 Å². The predicted molar refractivity (Wildman–Crippen MR) is 87.6 cm³/mol. The smallest absolute Gasteiger partial charge is 0.410 e. The van der Waals surface area contributed by atoms with Gasteiger partial charge in [-0.3, -0.25) is 4.90 Å². The zero-order chi connectivity index (χ0) is 16.1. The van der Waals surface area contributed by atoms with E-state index in [1.807, 2.05) is 25.7 Å². The molecule has 124 valence electrons. The van der Waals surface area contributed by atoms with Crippen LogP contribution in [-0.2, 0) is 4.74 Å². The van der Waals surface area contributed by atoms with Gasteiger partial charge in [-0.1, -0.05) is 27.2 Å². The maximum atomic E-state index is 12.0. The van der Waals surface area contributed by atoms with Gasteiger partial charge in [0.15, 0.2) is 0 Å². The van der Waals surface area contributed by atoms with Gasteiger partial charge in [0, 0.05) is 26.2 Å². The second-order valence-electron chi connectivity index (χ2n) is 8.33. The molecule has 0 atom stereocenters. The Kier molecular flexibility index (Phi) is 6.51. The summed E-state index contributed by atoms with van der Waals surface area (Å²) in [6.07, 6.45) is 3.65. The van der Waals surface area contributed by atoms with Crippen LogP contribution in [0.2, 0.25) is 0 Å². The molecule has 1 aliphatic rings. The number of carbonyl (C=O) groups is 1. The van der Waals surface area contributed by atoms with Crippen LogP contribution in [-0.4, -0.2) is 54.2 Å². The topological polar surface area (TPSA) is 32.8 Å². The van der Waals surface area contributed by atoms with E-state index in [4.69, 9.17) is 4.74 Å². The molecular formula is C17H34N2O2. The summed E-state index contributed by atoms with van der Waals surface area (Å²) in [5, 5.41) is 0. The number of piperazine rings is 1. The first kappa shape index (κ1) is 18.3. The molecule has 4 nitrogen and oxygen atoms in total. The van der Waals surface area contributed by atoms with Crippen LogP contribution in [0, 0.1) is 5.41 Å². The molecule has 4 heteroatoms. The number of amides is 1. The van der Waals surface area contributed by atoms with Gasteiger partial charge in [0.05, 0.1) is 0 Å². The van der Waals surface area contributed by atoms with E-state index in [0.717, 1.165) is 32.7 Å². The van der Waals surface area contributed by atoms with Gasteiger partial charge in [-0.2, -0.15) is 0 Å². The largest absolute Gasteiger partial charge is 0.444 e. The van der Waals surface area contributed by atoms with E-state index in [9.17, 15) is 4.79 Å². The van der Waals surface area contributed by atoms with Gasteiger partial charge in [-0.25, -0.2) is 4.79 Å². The van der Waals surface area contributed by atoms with E-state index >= 15 is 0 Å². The van der Waals surface area contributed by atoms with Crippen molar-refractivity contribution < 1.29 is 9.53 Å². The summed E-state index contributed by atoms with van der Waals surface area (Å²) < 4.78 is 5.42. The molecule has 1 fully saturated rings. The summed E-state index contributed by atoms with van der Waals surface area (Å²) in [5.41, 5.74) is 0.0383. The minimum atomic E-state index is -0.402. The molecule has 0 spiro atoms. The normalized spacial score (nSPS) is 17.9. The second kappa shape index (κ2) is 7.48. The number of unbranched alkanes of at least 4 members (excludes halogenated alkanes) is 1. The highest BCUT2D eigenvalue weighted by Gasteiger charge is 2.25. The molecule has 0 aromatic rings. The lowest BCUT2D eigenvalue weighted by molar-refractivity contribution is 0.0143. The number of rotatable bonds is 4. The van der Waals surface area contributed by atoms with Gasteiger partial charge in [-0.15, -0.1) is 0 Å². The Bertz CT molecular complexity index is 321. The van der Waals surface area contributed by atoms with Crippen LogP contribution in [0.4, 0.5) is 4.79 Å². The van der Waals surface area contributed by atoms with Gasteiger partial charge >= 0.3 is 6.09 Å². The fraction of sp³-hybridized carbons (Fsp3) is 0.941. The summed E-state index contributed by atoms with van der Waals surface area (Å²) in [7, 11) is 0. The highest BCUT2D eigenvalue weighted by molar-refractivity contribution is 5.68. The van der Waals surface area contributed by atoms with Crippen molar-refractivity contribution in [3.05, 3.63) is 0 Å². The fourth-order valence-electron chi connectivity index (χ4n) is 2.47. The molecule has 0 unspecified atom stereocenters. The molecule has 21 heavy (non-hydrogen) atoms. The maximum Gasteiger partial charge on any atom is 0.410 e. The van der Waals surface area contributed by atoms with E-state index < -0.39 is 5.60 Å². The van der Waals surface area contributed by atoms with Crippen LogP contribution in [0.25, 0.3) is 0 Å². The third kappa shape index (κ3) is 8.30. The third-order valence-electron chi connectivity index (χ3n) is 3.68. The number of hydrogen-bond acceptors (Lipinski definition) is 3. The van der Waals surface area contributed by atoms with Gasteiger partial charge in [-0.05, 0) is 45.6 Å². The molecular weight excluding hydrogens is 264 g/mol. The van der Waals surface area contributed by atoms with Crippen molar-refractivity contribution in [1.29, 1.82) is 0 Å². The summed E-state index contributed by atoms with van der Waals surface area (Å²) in [6, 6.07) is 0. The molecule has 1 amide bonds. The molecule has 0 aromatic heterocycles. The van der Waals surface area contributed by atoms with E-state index in [1.165, 1.54) is 19.3 Å². The van der Waals surface area contributed by atoms with E-state index in [2.05, 4.69) is 25.7 Å². The summed E-state index contributed by atoms with van der Waals surface area (Å²) >= 11 is 0. The third-order valence-corrected chi connectivity index (χ3v) is 3.68. The lowest BCUT2D eigenvalue weighted by Crippen LogP contribution is -2.50. The van der Waals surface area contributed by atoms with Crippen LogP contribution in [0.15, 0.2) is 0 Å². The SMILES string of the molecule is CC(C)(C)CCCCN1CCN(C(=O)OC(C)(C)C)CC1. The highest BCUT2D eigenvalue weighted by atomic mass is 16.6. The van der Waals surface area contributed by atoms with Gasteiger partial charge < -0.3 is 9.64 Å². The van der Waals surface area contributed by atoms with Crippen molar-refractivity contribution in [3.8, 4) is 0 Å². The van der Waals surface area contributed by atoms with Crippen molar-refractivity contribution in [2.45, 2.75) is 66.4 Å². The lowest BCUT2D eigenvalue weighted by Gasteiger charge is -2.35. The van der Waals surface area contributed by atoms with Gasteiger partial charge in [0.2, 0.25) is 0 Å². The average Bonchev–Trinajstić information content (AvgIpc) is 2.32. The first-order chi connectivity index (χ1) is 9.57. The van der Waals surface area contributed by atoms with E-state index in [-0.39, 0.29) is 6.09 Å². The minimum absolute atomic E-state index is 0.171. The van der Waals surface area contributed by atoms with Crippen molar-refractivity contribution in [1.82, 2.24) is 9.80 Å². The Balaban J connectivity index is 2.19. The molecule has 1 saturated heterocycles. The average molecular weight is 298 g/mol. The molecule has 0 radical (unpaired) electrons. The number of nitrogens with zero attached hydrogens (tertiary/aromatic N) is 2. The first-order valence-electron chi connectivity index (χ1n) is 8.27. The Hall–Kier alpha value is -0.770. The number of ether oxygens (including phenoxy) is 1. The molecule has 1 rings (SSSR count). The van der Waals surface area contributed by atoms with Crippen LogP contribution in [0.5, 0.6) is 0 Å². The Labute approximate surface area is 130 Å². The second-order valence-corrected chi connectivity index (χ2v) is 8.33. The van der Waals surface area contributed by atoms with Gasteiger partial charge in [0.1, 0.15) is 5.60 Å². The zero-order valence-electron chi connectivity index (χ0n) is 14.9. The van der Waals surface area contributed by atoms with Crippen LogP contribution in [0.3, 0.4) is 0 Å². The Morgan fingerprint density at radius 2 is 1.52 bits per heavy atom. The molecule has 1 heterocycles. The number of carbonyl (C=O) groups excluding carboxylic acids is 1. The minimum Gasteiger partial charge on any atom is -0.444 e. The molecule has 1 aliphatic heterocycles. The summed E-state index contributed by atoms with van der Waals surface area (Å²) in [6.45, 7) is 17.3. The standard InChI is InChI=1S/C17H34N2O2/c1-16(2,3)9-7-8-10-18-11-13-19(14-12-18)15(20)21-17(4,5)6/h7-14H2,1-6H3. The summed E-state index contributed by atoms with van der Waals surface area (Å²) in [5.74, 6) is 0. The highest BCUT2D eigenvalue weighted by Crippen LogP contribution is 2.21. The lowest BCUT2D eigenvalue weighted by atomic mass is 9.90. The van der Waals surface area contributed by atoms with Crippen molar-refractivity contribution in [2.75, 3.05) is 32.7 Å². The van der Waals surface area contributed by atoms with E-state index in [0.29, 0.717) is 5.41 Å². The fourth-order valence-corrected chi connectivity index (χ4v) is 2.47. The maximum absolute atomic E-state index is 12.0. The molecule has 0 N–H and O–H groups in total. The van der Waals surface area contributed by atoms with Crippen LogP contribution in [0.1, 0.15) is 60.8 Å². The Morgan fingerprint density at radius 1 is 0.952 bits per heavy atom. The van der Waals surface area contributed by atoms with Crippen LogP contribution >= 0.6 is 0 Å². The van der Waals surface area contributed by atoms with Crippen molar-refractivity contribution in [2.24, 2.45) is 5.41 Å². The molecule has 0 saturated carbocycles. The molecule has 0 bridgehead atoms. The zero-order valence-corrected chi connectivity index (χ0v) is 14.9. The number of hydrogen-bond donors (Lipinski definition) is 0. The summed E-state index contributed by atoms with van der Waals surface area (Å²) in [4.78, 5) is 16.3. The monoisotopic (exact) mass is 298 g/mol. The molecule has 0 aromatic carbocycles. The quantitative estimate of drug-likeness (QED) is 0.741. The molecule has 0 aliphatic carbocycles. The van der Waals surface area contributed by atoms with Crippen molar-refractivity contribution in [3.63, 3.8) is 0 Å². The predicted octanol–water partition coefficient (Wildman–Crippen LogP) is 3.76. The van der Waals surface area contributed by atoms with Crippen molar-refractivity contribution >= 4 is 6.09 Å². The Morgan fingerprint density at radius 3 is 2.00 bits per heavy atom. The van der Waals surface area contributed by atoms with E-state index in [1.54, 1.807) is 0 Å². The van der Waals surface area contributed by atoms with Crippen LogP contribution < -0.4 is 0 Å².